The zero-order chi connectivity index (χ0) is 21.5. The first-order chi connectivity index (χ1) is 14.5. The van der Waals surface area contributed by atoms with Gasteiger partial charge in [0.2, 0.25) is 5.91 Å². The molecule has 0 fully saturated rings. The number of methoxy groups -OCH3 is 1. The van der Waals surface area contributed by atoms with Crippen molar-refractivity contribution in [1.82, 2.24) is 5.32 Å². The van der Waals surface area contributed by atoms with Gasteiger partial charge in [-0.3, -0.25) is 4.79 Å². The summed E-state index contributed by atoms with van der Waals surface area (Å²) in [7, 11) is 1.60. The molecule has 2 aromatic carbocycles. The van der Waals surface area contributed by atoms with Crippen LogP contribution in [0.5, 0.6) is 11.5 Å². The average Bonchev–Trinajstić information content (AvgIpc) is 2.76. The number of amides is 1. The molecule has 6 heteroatoms. The third-order valence-electron chi connectivity index (χ3n) is 4.97. The molecule has 0 saturated heterocycles. The third-order valence-corrected chi connectivity index (χ3v) is 4.97. The molecule has 158 valence electrons. The minimum atomic E-state index is -0.446. The van der Waals surface area contributed by atoms with E-state index >= 15 is 0 Å². The van der Waals surface area contributed by atoms with Crippen molar-refractivity contribution in [3.8, 4) is 11.5 Å². The number of benzene rings is 2. The van der Waals surface area contributed by atoms with Crippen LogP contribution in [0, 0.1) is 0 Å². The van der Waals surface area contributed by atoms with Gasteiger partial charge in [0.05, 0.1) is 19.3 Å². The molecule has 0 radical (unpaired) electrons. The first-order valence-electron chi connectivity index (χ1n) is 10.1. The quantitative estimate of drug-likeness (QED) is 0.665. The first-order valence-corrected chi connectivity index (χ1v) is 10.1. The molecule has 0 aromatic heterocycles. The molecule has 1 amide bonds. The van der Waals surface area contributed by atoms with Gasteiger partial charge in [0.15, 0.2) is 0 Å². The number of carbonyl (C=O) groups is 2. The number of carbonyl (C=O) groups excluding carboxylic acids is 2. The molecule has 2 aromatic rings. The molecule has 1 unspecified atom stereocenters. The number of nitrogens with one attached hydrogen (secondary N) is 1. The van der Waals surface area contributed by atoms with Gasteiger partial charge in [0, 0.05) is 23.6 Å². The number of ether oxygens (including phenoxy) is 3. The fourth-order valence-corrected chi connectivity index (χ4v) is 3.50. The van der Waals surface area contributed by atoms with E-state index in [1.165, 1.54) is 0 Å². The van der Waals surface area contributed by atoms with E-state index in [1.807, 2.05) is 55.5 Å². The Kier molecular flexibility index (Phi) is 7.12. The maximum Gasteiger partial charge on any atom is 0.336 e. The lowest BCUT2D eigenvalue weighted by molar-refractivity contribution is -0.141. The fraction of sp³-hybridized carbons (Fsp3) is 0.333. The molecule has 0 spiro atoms. The van der Waals surface area contributed by atoms with Crippen LogP contribution in [0.4, 0.5) is 0 Å². The highest BCUT2D eigenvalue weighted by Gasteiger charge is 2.34. The monoisotopic (exact) mass is 409 g/mol. The number of rotatable bonds is 8. The zero-order valence-corrected chi connectivity index (χ0v) is 17.6. The van der Waals surface area contributed by atoms with Crippen molar-refractivity contribution in [2.45, 2.75) is 39.2 Å². The highest BCUT2D eigenvalue weighted by molar-refractivity contribution is 5.96. The Morgan fingerprint density at radius 3 is 2.57 bits per heavy atom. The van der Waals surface area contributed by atoms with Crippen LogP contribution in [-0.2, 0) is 20.9 Å². The van der Waals surface area contributed by atoms with Gasteiger partial charge in [-0.1, -0.05) is 37.3 Å². The van der Waals surface area contributed by atoms with Crippen LogP contribution in [0.1, 0.15) is 43.7 Å². The van der Waals surface area contributed by atoms with Crippen molar-refractivity contribution in [2.24, 2.45) is 0 Å². The summed E-state index contributed by atoms with van der Waals surface area (Å²) >= 11 is 0. The third kappa shape index (κ3) is 5.00. The molecule has 0 saturated carbocycles. The molecule has 1 aliphatic rings. The molecule has 1 atom stereocenters. The Hall–Kier alpha value is -3.28. The predicted molar refractivity (Wildman–Crippen MR) is 113 cm³/mol. The lowest BCUT2D eigenvalue weighted by Crippen LogP contribution is -2.34. The van der Waals surface area contributed by atoms with E-state index in [0.29, 0.717) is 23.6 Å². The largest absolute Gasteiger partial charge is 0.497 e. The molecule has 6 nitrogen and oxygen atoms in total. The first kappa shape index (κ1) is 21.4. The second kappa shape index (κ2) is 9.96. The molecule has 1 N–H and O–H groups in total. The summed E-state index contributed by atoms with van der Waals surface area (Å²) in [5.74, 6) is 0.429. The van der Waals surface area contributed by atoms with Crippen LogP contribution in [0.15, 0.2) is 59.8 Å². The topological polar surface area (TPSA) is 73.9 Å². The van der Waals surface area contributed by atoms with Crippen LogP contribution in [0.2, 0.25) is 0 Å². The minimum Gasteiger partial charge on any atom is -0.497 e. The maximum absolute atomic E-state index is 13.0. The van der Waals surface area contributed by atoms with E-state index in [4.69, 9.17) is 14.2 Å². The van der Waals surface area contributed by atoms with E-state index in [2.05, 4.69) is 5.32 Å². The lowest BCUT2D eigenvalue weighted by atomic mass is 9.84. The van der Waals surface area contributed by atoms with Gasteiger partial charge in [0.1, 0.15) is 18.1 Å². The van der Waals surface area contributed by atoms with Crippen molar-refractivity contribution < 1.29 is 23.8 Å². The highest BCUT2D eigenvalue weighted by atomic mass is 16.5. The predicted octanol–water partition coefficient (Wildman–Crippen LogP) is 4.10. The number of esters is 1. The number of para-hydroxylation sites is 1. The Bertz CT molecular complexity index is 933. The Labute approximate surface area is 176 Å². The van der Waals surface area contributed by atoms with Crippen LogP contribution in [-0.4, -0.2) is 25.6 Å². The molecule has 0 bridgehead atoms. The second-order valence-corrected chi connectivity index (χ2v) is 7.15. The SMILES string of the molecule is CCCOc1ccccc1C1CC(=O)NC(C)=C1C(=O)OCc1ccc(OC)cc1. The lowest BCUT2D eigenvalue weighted by Gasteiger charge is -2.28. The zero-order valence-electron chi connectivity index (χ0n) is 17.6. The van der Waals surface area contributed by atoms with Gasteiger partial charge in [-0.2, -0.15) is 0 Å². The molecular formula is C24H27NO5. The summed E-state index contributed by atoms with van der Waals surface area (Å²) in [6.45, 7) is 4.45. The van der Waals surface area contributed by atoms with E-state index < -0.39 is 11.9 Å². The normalized spacial score (nSPS) is 16.1. The van der Waals surface area contributed by atoms with Crippen molar-refractivity contribution in [2.75, 3.05) is 13.7 Å². The van der Waals surface area contributed by atoms with E-state index in [-0.39, 0.29) is 18.9 Å². The Balaban J connectivity index is 1.83. The highest BCUT2D eigenvalue weighted by Crippen LogP contribution is 2.38. The van der Waals surface area contributed by atoms with Gasteiger partial charge >= 0.3 is 5.97 Å². The molecule has 1 aliphatic heterocycles. The van der Waals surface area contributed by atoms with Crippen LogP contribution in [0.3, 0.4) is 0 Å². The summed E-state index contributed by atoms with van der Waals surface area (Å²) in [4.78, 5) is 25.3. The summed E-state index contributed by atoms with van der Waals surface area (Å²) in [6.07, 6.45) is 1.03. The van der Waals surface area contributed by atoms with Gasteiger partial charge in [-0.15, -0.1) is 0 Å². The Morgan fingerprint density at radius 1 is 1.13 bits per heavy atom. The van der Waals surface area contributed by atoms with Gasteiger partial charge in [-0.25, -0.2) is 4.79 Å². The molecule has 0 aliphatic carbocycles. The summed E-state index contributed by atoms with van der Waals surface area (Å²) in [5.41, 5.74) is 2.64. The van der Waals surface area contributed by atoms with Crippen molar-refractivity contribution in [3.63, 3.8) is 0 Å². The van der Waals surface area contributed by atoms with Gasteiger partial charge in [0.25, 0.3) is 0 Å². The molecule has 3 rings (SSSR count). The smallest absolute Gasteiger partial charge is 0.336 e. The molecule has 30 heavy (non-hydrogen) atoms. The van der Waals surface area contributed by atoms with Crippen molar-refractivity contribution in [1.29, 1.82) is 0 Å². The van der Waals surface area contributed by atoms with Gasteiger partial charge < -0.3 is 19.5 Å². The minimum absolute atomic E-state index is 0.130. The van der Waals surface area contributed by atoms with Crippen LogP contribution in [0.25, 0.3) is 0 Å². The number of hydrogen-bond donors (Lipinski definition) is 1. The molecule has 1 heterocycles. The number of allylic oxidation sites excluding steroid dienone is 1. The van der Waals surface area contributed by atoms with E-state index in [1.54, 1.807) is 14.0 Å². The van der Waals surface area contributed by atoms with Gasteiger partial charge in [-0.05, 0) is 37.1 Å². The summed E-state index contributed by atoms with van der Waals surface area (Å²) < 4.78 is 16.6. The molecular weight excluding hydrogens is 382 g/mol. The fourth-order valence-electron chi connectivity index (χ4n) is 3.50. The summed E-state index contributed by atoms with van der Waals surface area (Å²) in [6, 6.07) is 14.9. The average molecular weight is 409 g/mol. The van der Waals surface area contributed by atoms with E-state index in [9.17, 15) is 9.59 Å². The van der Waals surface area contributed by atoms with Crippen LogP contribution >= 0.6 is 0 Å². The van der Waals surface area contributed by atoms with Crippen LogP contribution < -0.4 is 14.8 Å². The second-order valence-electron chi connectivity index (χ2n) is 7.15. The Morgan fingerprint density at radius 2 is 1.87 bits per heavy atom. The van der Waals surface area contributed by atoms with Crippen molar-refractivity contribution in [3.05, 3.63) is 70.9 Å². The van der Waals surface area contributed by atoms with E-state index in [0.717, 1.165) is 23.3 Å². The maximum atomic E-state index is 13.0. The van der Waals surface area contributed by atoms with Crippen molar-refractivity contribution >= 4 is 11.9 Å². The summed E-state index contributed by atoms with van der Waals surface area (Å²) in [5, 5.41) is 2.77. The number of hydrogen-bond acceptors (Lipinski definition) is 5. The standard InChI is InChI=1S/C24H27NO5/c1-4-13-29-21-8-6-5-7-19(21)20-14-22(26)25-16(2)23(20)24(27)30-15-17-9-11-18(28-3)12-10-17/h5-12,20H,4,13-15H2,1-3H3,(H,25,26).